The van der Waals surface area contributed by atoms with Crippen molar-refractivity contribution in [2.24, 2.45) is 0 Å². The quantitative estimate of drug-likeness (QED) is 0.278. The molecule has 3 amide bonds. The fourth-order valence-corrected chi connectivity index (χ4v) is 4.50. The minimum atomic E-state index is -1.09. The van der Waals surface area contributed by atoms with Gasteiger partial charge in [0.15, 0.2) is 0 Å². The minimum absolute atomic E-state index is 0.0555. The molecule has 1 fully saturated rings. The molecule has 0 saturated carbocycles. The van der Waals surface area contributed by atoms with Crippen LogP contribution in [0.1, 0.15) is 89.5 Å². The van der Waals surface area contributed by atoms with Crippen LogP contribution in [-0.4, -0.2) is 65.2 Å². The maximum absolute atomic E-state index is 12.9. The first-order chi connectivity index (χ1) is 17.5. The fourth-order valence-electron chi connectivity index (χ4n) is 4.50. The lowest BCUT2D eigenvalue weighted by molar-refractivity contribution is -0.127. The molecule has 1 aromatic rings. The van der Waals surface area contributed by atoms with Crippen LogP contribution in [0, 0.1) is 0 Å². The Kier molecular flexibility index (Phi) is 14.4. The predicted octanol–water partition coefficient (Wildman–Crippen LogP) is 5.80. The number of hydrogen-bond donors (Lipinski definition) is 2. The van der Waals surface area contributed by atoms with E-state index in [2.05, 4.69) is 12.2 Å². The molecule has 0 spiro atoms. The van der Waals surface area contributed by atoms with Gasteiger partial charge < -0.3 is 20.1 Å². The topological polar surface area (TPSA) is 99.2 Å². The molecule has 36 heavy (non-hydrogen) atoms. The van der Waals surface area contributed by atoms with E-state index >= 15 is 0 Å². The molecular weight excluding hydrogens is 458 g/mol. The van der Waals surface area contributed by atoms with Gasteiger partial charge in [-0.3, -0.25) is 9.69 Å². The van der Waals surface area contributed by atoms with Gasteiger partial charge in [-0.1, -0.05) is 108 Å². The lowest BCUT2D eigenvalue weighted by Crippen LogP contribution is -2.61. The van der Waals surface area contributed by atoms with Gasteiger partial charge in [-0.15, -0.1) is 0 Å². The summed E-state index contributed by atoms with van der Waals surface area (Å²) >= 11 is 0. The molecule has 1 heterocycles. The Morgan fingerprint density at radius 1 is 0.889 bits per heavy atom. The first kappa shape index (κ1) is 29.5. The van der Waals surface area contributed by atoms with Gasteiger partial charge in [-0.25, -0.2) is 9.59 Å². The summed E-state index contributed by atoms with van der Waals surface area (Å²) in [6.45, 7) is 3.08. The number of carbonyl (C=O) groups excluding carboxylic acids is 2. The average Bonchev–Trinajstić information content (AvgIpc) is 2.90. The Labute approximate surface area is 216 Å². The Morgan fingerprint density at radius 2 is 1.47 bits per heavy atom. The summed E-state index contributed by atoms with van der Waals surface area (Å²) in [6, 6.07) is 8.42. The Bertz CT molecular complexity index is 774. The van der Waals surface area contributed by atoms with Crippen LogP contribution in [0.15, 0.2) is 30.3 Å². The summed E-state index contributed by atoms with van der Waals surface area (Å²) in [5.74, 6) is -0.333. The van der Waals surface area contributed by atoms with Gasteiger partial charge in [0, 0.05) is 19.6 Å². The van der Waals surface area contributed by atoms with Crippen molar-refractivity contribution in [3.8, 4) is 0 Å². The number of carboxylic acid groups (broad SMARTS) is 1. The molecule has 202 valence electrons. The standard InChI is InChI=1S/C28H45N3O5/c1-2-3-4-5-6-7-8-9-10-11-12-16-19-29-26(32)25-22-30(27(33)34)20-21-31(25)28(35)36-23-24-17-14-13-15-18-24/h13-15,17-18,25H,2-12,16,19-23H2,1H3,(H,29,32)(H,33,34). The zero-order valence-electron chi connectivity index (χ0n) is 22.0. The summed E-state index contributed by atoms with van der Waals surface area (Å²) in [7, 11) is 0. The monoisotopic (exact) mass is 503 g/mol. The zero-order chi connectivity index (χ0) is 26.0. The number of nitrogens with zero attached hydrogens (tertiary/aromatic N) is 2. The highest BCUT2D eigenvalue weighted by Crippen LogP contribution is 2.15. The summed E-state index contributed by atoms with van der Waals surface area (Å²) in [4.78, 5) is 39.6. The number of rotatable bonds is 16. The van der Waals surface area contributed by atoms with Crippen LogP contribution in [0.5, 0.6) is 0 Å². The molecule has 8 nitrogen and oxygen atoms in total. The number of carbonyl (C=O) groups is 3. The largest absolute Gasteiger partial charge is 0.465 e. The van der Waals surface area contributed by atoms with Gasteiger partial charge in [0.1, 0.15) is 12.6 Å². The van der Waals surface area contributed by atoms with Gasteiger partial charge in [-0.2, -0.15) is 0 Å². The minimum Gasteiger partial charge on any atom is -0.465 e. The number of ether oxygens (including phenoxy) is 1. The van der Waals surface area contributed by atoms with E-state index in [0.717, 1.165) is 24.8 Å². The van der Waals surface area contributed by atoms with E-state index in [-0.39, 0.29) is 32.1 Å². The highest BCUT2D eigenvalue weighted by molar-refractivity contribution is 5.86. The van der Waals surface area contributed by atoms with Gasteiger partial charge in [0.25, 0.3) is 0 Å². The zero-order valence-corrected chi connectivity index (χ0v) is 22.0. The highest BCUT2D eigenvalue weighted by Gasteiger charge is 2.37. The van der Waals surface area contributed by atoms with Crippen molar-refractivity contribution in [1.29, 1.82) is 0 Å². The Balaban J connectivity index is 1.67. The van der Waals surface area contributed by atoms with Crippen LogP contribution in [0.3, 0.4) is 0 Å². The third kappa shape index (κ3) is 11.3. The summed E-state index contributed by atoms with van der Waals surface area (Å²) in [6.07, 6.45) is 13.2. The van der Waals surface area contributed by atoms with Crippen molar-refractivity contribution in [3.63, 3.8) is 0 Å². The van der Waals surface area contributed by atoms with E-state index in [1.165, 1.54) is 67.6 Å². The van der Waals surface area contributed by atoms with Crippen LogP contribution in [0.4, 0.5) is 9.59 Å². The van der Waals surface area contributed by atoms with Crippen molar-refractivity contribution in [1.82, 2.24) is 15.1 Å². The maximum atomic E-state index is 12.9. The number of benzene rings is 1. The molecule has 1 saturated heterocycles. The number of nitrogens with one attached hydrogen (secondary N) is 1. The molecule has 1 aliphatic rings. The van der Waals surface area contributed by atoms with E-state index in [0.29, 0.717) is 6.54 Å². The van der Waals surface area contributed by atoms with Gasteiger partial charge in [0.2, 0.25) is 5.91 Å². The van der Waals surface area contributed by atoms with Crippen LogP contribution in [-0.2, 0) is 16.1 Å². The van der Waals surface area contributed by atoms with E-state index < -0.39 is 18.2 Å². The first-order valence-corrected chi connectivity index (χ1v) is 13.8. The van der Waals surface area contributed by atoms with E-state index in [4.69, 9.17) is 4.74 Å². The third-order valence-corrected chi connectivity index (χ3v) is 6.72. The smallest absolute Gasteiger partial charge is 0.410 e. The highest BCUT2D eigenvalue weighted by atomic mass is 16.6. The molecule has 0 radical (unpaired) electrons. The molecule has 8 heteroatoms. The second-order valence-corrected chi connectivity index (χ2v) is 9.66. The molecule has 0 aliphatic carbocycles. The number of amides is 3. The summed E-state index contributed by atoms with van der Waals surface area (Å²) in [5.41, 5.74) is 0.850. The molecule has 1 unspecified atom stereocenters. The van der Waals surface area contributed by atoms with Crippen LogP contribution in [0.2, 0.25) is 0 Å². The van der Waals surface area contributed by atoms with E-state index in [1.807, 2.05) is 30.3 Å². The molecule has 0 bridgehead atoms. The van der Waals surface area contributed by atoms with Crippen molar-refractivity contribution in [3.05, 3.63) is 35.9 Å². The lowest BCUT2D eigenvalue weighted by atomic mass is 10.1. The van der Waals surface area contributed by atoms with Crippen LogP contribution < -0.4 is 5.32 Å². The first-order valence-electron chi connectivity index (χ1n) is 13.8. The van der Waals surface area contributed by atoms with Crippen molar-refractivity contribution in [2.45, 2.75) is 96.6 Å². The third-order valence-electron chi connectivity index (χ3n) is 6.72. The maximum Gasteiger partial charge on any atom is 0.410 e. The summed E-state index contributed by atoms with van der Waals surface area (Å²) < 4.78 is 5.41. The van der Waals surface area contributed by atoms with Crippen LogP contribution in [0.25, 0.3) is 0 Å². The predicted molar refractivity (Wildman–Crippen MR) is 141 cm³/mol. The van der Waals surface area contributed by atoms with Crippen molar-refractivity contribution < 1.29 is 24.2 Å². The Hall–Kier alpha value is -2.77. The fraction of sp³-hybridized carbons (Fsp3) is 0.679. The number of piperazine rings is 1. The molecule has 0 aromatic heterocycles. The van der Waals surface area contributed by atoms with Crippen molar-refractivity contribution in [2.75, 3.05) is 26.2 Å². The summed E-state index contributed by atoms with van der Waals surface area (Å²) in [5, 5.41) is 12.3. The molecule has 1 aromatic carbocycles. The molecule has 1 aliphatic heterocycles. The second kappa shape index (κ2) is 17.6. The van der Waals surface area contributed by atoms with Crippen molar-refractivity contribution >= 4 is 18.1 Å². The molecule has 1 atom stereocenters. The number of hydrogen-bond acceptors (Lipinski definition) is 4. The molecule has 2 N–H and O–H groups in total. The SMILES string of the molecule is CCCCCCCCCCCCCCNC(=O)C1CN(C(=O)O)CCN1C(=O)OCc1ccccc1. The second-order valence-electron chi connectivity index (χ2n) is 9.66. The van der Waals surface area contributed by atoms with Crippen LogP contribution >= 0.6 is 0 Å². The van der Waals surface area contributed by atoms with E-state index in [1.54, 1.807) is 0 Å². The Morgan fingerprint density at radius 3 is 2.06 bits per heavy atom. The van der Waals surface area contributed by atoms with Gasteiger partial charge in [0.05, 0.1) is 6.54 Å². The van der Waals surface area contributed by atoms with Gasteiger partial charge >= 0.3 is 12.2 Å². The van der Waals surface area contributed by atoms with E-state index in [9.17, 15) is 19.5 Å². The molecule has 2 rings (SSSR count). The average molecular weight is 504 g/mol. The van der Waals surface area contributed by atoms with Gasteiger partial charge in [-0.05, 0) is 12.0 Å². The normalized spacial score (nSPS) is 15.5. The number of unbranched alkanes of at least 4 members (excludes halogenated alkanes) is 11. The molecular formula is C28H45N3O5. The lowest BCUT2D eigenvalue weighted by Gasteiger charge is -2.38.